The van der Waals surface area contributed by atoms with Crippen LogP contribution in [0, 0.1) is 0 Å². The lowest BCUT2D eigenvalue weighted by Crippen LogP contribution is -2.32. The fraction of sp³-hybridized carbons (Fsp3) is 0.385. The van der Waals surface area contributed by atoms with E-state index < -0.39 is 17.9 Å². The van der Waals surface area contributed by atoms with Crippen molar-refractivity contribution < 1.29 is 28.6 Å². The van der Waals surface area contributed by atoms with Gasteiger partial charge in [-0.15, -0.1) is 11.3 Å². The van der Waals surface area contributed by atoms with Gasteiger partial charge in [0.1, 0.15) is 5.01 Å². The molecule has 0 unspecified atom stereocenters. The van der Waals surface area contributed by atoms with Crippen molar-refractivity contribution in [1.29, 1.82) is 0 Å². The zero-order valence-corrected chi connectivity index (χ0v) is 21.4. The van der Waals surface area contributed by atoms with Crippen LogP contribution in [-0.4, -0.2) is 42.7 Å². The summed E-state index contributed by atoms with van der Waals surface area (Å²) in [7, 11) is 0. The predicted octanol–water partition coefficient (Wildman–Crippen LogP) is 4.28. The van der Waals surface area contributed by atoms with E-state index in [4.69, 9.17) is 14.2 Å². The molecular formula is C26H30N2O6S. The Balaban J connectivity index is 2.15. The molecule has 1 aliphatic rings. The van der Waals surface area contributed by atoms with Crippen LogP contribution in [0.25, 0.3) is 10.6 Å². The first-order valence-electron chi connectivity index (χ1n) is 11.5. The second-order valence-electron chi connectivity index (χ2n) is 7.79. The van der Waals surface area contributed by atoms with Gasteiger partial charge in [0.05, 0.1) is 49.0 Å². The highest BCUT2D eigenvalue weighted by Gasteiger charge is 2.39. The van der Waals surface area contributed by atoms with E-state index in [1.807, 2.05) is 29.6 Å². The van der Waals surface area contributed by atoms with Crippen molar-refractivity contribution in [3.05, 3.63) is 63.4 Å². The van der Waals surface area contributed by atoms with Gasteiger partial charge in [-0.25, -0.2) is 14.6 Å². The topological polar surface area (TPSA) is 104 Å². The van der Waals surface area contributed by atoms with Crippen molar-refractivity contribution in [3.8, 4) is 10.6 Å². The predicted molar refractivity (Wildman–Crippen MR) is 132 cm³/mol. The lowest BCUT2D eigenvalue weighted by Gasteiger charge is -2.31. The van der Waals surface area contributed by atoms with Crippen LogP contribution in [0.3, 0.4) is 0 Å². The maximum Gasteiger partial charge on any atom is 0.336 e. The van der Waals surface area contributed by atoms with Crippen LogP contribution in [0.4, 0.5) is 0 Å². The molecule has 0 bridgehead atoms. The van der Waals surface area contributed by atoms with Crippen molar-refractivity contribution in [2.75, 3.05) is 19.8 Å². The van der Waals surface area contributed by atoms with E-state index in [-0.39, 0.29) is 25.6 Å². The van der Waals surface area contributed by atoms with E-state index in [2.05, 4.69) is 10.3 Å². The number of hydrogen-bond donors (Lipinski definition) is 1. The van der Waals surface area contributed by atoms with Gasteiger partial charge in [-0.1, -0.05) is 24.3 Å². The van der Waals surface area contributed by atoms with Gasteiger partial charge in [0.15, 0.2) is 0 Å². The highest BCUT2D eigenvalue weighted by atomic mass is 32.1. The van der Waals surface area contributed by atoms with Gasteiger partial charge >= 0.3 is 17.9 Å². The quantitative estimate of drug-likeness (QED) is 0.404. The molecule has 0 atom stereocenters. The average molecular weight is 499 g/mol. The fourth-order valence-electron chi connectivity index (χ4n) is 4.08. The number of allylic oxidation sites excluding steroid dienone is 2. The molecule has 0 spiro atoms. The summed E-state index contributed by atoms with van der Waals surface area (Å²) in [6.45, 7) is 9.51. The number of esters is 3. The molecule has 0 saturated heterocycles. The van der Waals surface area contributed by atoms with E-state index in [0.717, 1.165) is 11.1 Å². The van der Waals surface area contributed by atoms with Gasteiger partial charge < -0.3 is 19.5 Å². The molecule has 1 N–H and O–H groups in total. The van der Waals surface area contributed by atoms with E-state index in [1.165, 1.54) is 11.3 Å². The summed E-state index contributed by atoms with van der Waals surface area (Å²) in [4.78, 5) is 42.8. The smallest absolute Gasteiger partial charge is 0.336 e. The van der Waals surface area contributed by atoms with Crippen molar-refractivity contribution in [3.63, 3.8) is 0 Å². The Labute approximate surface area is 209 Å². The van der Waals surface area contributed by atoms with Crippen molar-refractivity contribution in [2.45, 2.75) is 47.0 Å². The van der Waals surface area contributed by atoms with Gasteiger partial charge in [-0.3, -0.25) is 4.79 Å². The van der Waals surface area contributed by atoms with Crippen LogP contribution in [0.2, 0.25) is 0 Å². The molecule has 0 radical (unpaired) electrons. The molecule has 3 rings (SSSR count). The Kier molecular flexibility index (Phi) is 8.81. The summed E-state index contributed by atoms with van der Waals surface area (Å²) in [6.07, 6.45) is 0.0695. The summed E-state index contributed by atoms with van der Waals surface area (Å²) >= 11 is 1.38. The Hall–Kier alpha value is -3.46. The van der Waals surface area contributed by atoms with Gasteiger partial charge in [0.25, 0.3) is 0 Å². The number of dihydropyridines is 1. The zero-order chi connectivity index (χ0) is 25.5. The molecule has 1 aromatic heterocycles. The summed E-state index contributed by atoms with van der Waals surface area (Å²) in [5, 5.41) is 5.63. The van der Waals surface area contributed by atoms with Crippen molar-refractivity contribution in [1.82, 2.24) is 10.3 Å². The minimum absolute atomic E-state index is 0.0695. The third-order valence-electron chi connectivity index (χ3n) is 5.44. The van der Waals surface area contributed by atoms with Crippen LogP contribution < -0.4 is 5.32 Å². The number of carbonyl (C=O) groups is 3. The SMILES string of the molecule is CCOC(=O)Cc1csc(-c2ccccc2C2C(C(=O)OCC)=C(C)NC(C)=C2C(=O)OCC)n1. The molecular weight excluding hydrogens is 468 g/mol. The molecule has 0 saturated carbocycles. The second-order valence-corrected chi connectivity index (χ2v) is 8.65. The Morgan fingerprint density at radius 3 is 2.06 bits per heavy atom. The van der Waals surface area contributed by atoms with Crippen LogP contribution >= 0.6 is 11.3 Å². The summed E-state index contributed by atoms with van der Waals surface area (Å²) < 4.78 is 15.8. The van der Waals surface area contributed by atoms with Gasteiger partial charge in [-0.2, -0.15) is 0 Å². The first-order valence-corrected chi connectivity index (χ1v) is 12.4. The molecule has 35 heavy (non-hydrogen) atoms. The number of nitrogens with zero attached hydrogens (tertiary/aromatic N) is 1. The van der Waals surface area contributed by atoms with E-state index in [0.29, 0.717) is 39.8 Å². The molecule has 0 fully saturated rings. The zero-order valence-electron chi connectivity index (χ0n) is 20.6. The molecule has 0 aliphatic carbocycles. The average Bonchev–Trinajstić information content (AvgIpc) is 3.27. The summed E-state index contributed by atoms with van der Waals surface area (Å²) in [5.41, 5.74) is 3.97. The van der Waals surface area contributed by atoms with E-state index in [1.54, 1.807) is 34.6 Å². The lowest BCUT2D eigenvalue weighted by atomic mass is 9.78. The number of carbonyl (C=O) groups excluding carboxylic acids is 3. The first kappa shape index (κ1) is 26.2. The molecule has 9 heteroatoms. The molecule has 1 aromatic carbocycles. The molecule has 1 aliphatic heterocycles. The van der Waals surface area contributed by atoms with Gasteiger partial charge in [0.2, 0.25) is 0 Å². The minimum atomic E-state index is -0.719. The van der Waals surface area contributed by atoms with E-state index in [9.17, 15) is 14.4 Å². The van der Waals surface area contributed by atoms with Crippen LogP contribution in [0.15, 0.2) is 52.2 Å². The highest BCUT2D eigenvalue weighted by Crippen LogP contribution is 2.43. The van der Waals surface area contributed by atoms with Crippen molar-refractivity contribution in [2.24, 2.45) is 0 Å². The summed E-state index contributed by atoms with van der Waals surface area (Å²) in [6, 6.07) is 7.48. The van der Waals surface area contributed by atoms with Gasteiger partial charge in [0, 0.05) is 22.3 Å². The number of benzene rings is 1. The van der Waals surface area contributed by atoms with Crippen molar-refractivity contribution >= 4 is 29.2 Å². The molecule has 2 aromatic rings. The number of aromatic nitrogens is 1. The number of rotatable bonds is 9. The highest BCUT2D eigenvalue weighted by molar-refractivity contribution is 7.13. The van der Waals surface area contributed by atoms with Crippen LogP contribution in [-0.2, 0) is 35.0 Å². The Bertz CT molecular complexity index is 1140. The standard InChI is InChI=1S/C26H30N2O6S/c1-6-32-20(29)13-17-14-35-24(28-17)19-12-10-9-11-18(19)23-21(25(30)33-7-2)15(4)27-16(5)22(23)26(31)34-8-3/h9-12,14,23,27H,6-8,13H2,1-5H3. The molecule has 0 amide bonds. The third kappa shape index (κ3) is 5.79. The minimum Gasteiger partial charge on any atom is -0.466 e. The maximum absolute atomic E-state index is 13.1. The maximum atomic E-state index is 13.1. The van der Waals surface area contributed by atoms with Crippen LogP contribution in [0.1, 0.15) is 51.8 Å². The molecule has 8 nitrogen and oxygen atoms in total. The Morgan fingerprint density at radius 1 is 0.914 bits per heavy atom. The largest absolute Gasteiger partial charge is 0.466 e. The number of hydrogen-bond acceptors (Lipinski definition) is 9. The van der Waals surface area contributed by atoms with E-state index >= 15 is 0 Å². The first-order chi connectivity index (χ1) is 16.8. The van der Waals surface area contributed by atoms with Gasteiger partial charge in [-0.05, 0) is 40.2 Å². The lowest BCUT2D eigenvalue weighted by molar-refractivity contribution is -0.142. The third-order valence-corrected chi connectivity index (χ3v) is 6.36. The summed E-state index contributed by atoms with van der Waals surface area (Å²) in [5.74, 6) is -2.08. The second kappa shape index (κ2) is 11.8. The van der Waals surface area contributed by atoms with Crippen LogP contribution in [0.5, 0.6) is 0 Å². The monoisotopic (exact) mass is 498 g/mol. The number of ether oxygens (including phenoxy) is 3. The number of thiazole rings is 1. The fourth-order valence-corrected chi connectivity index (χ4v) is 4.95. The molecule has 2 heterocycles. The molecule has 186 valence electrons. The number of nitrogens with one attached hydrogen (secondary N) is 1. The Morgan fingerprint density at radius 2 is 1.49 bits per heavy atom. The normalized spacial score (nSPS) is 14.0.